The lowest BCUT2D eigenvalue weighted by atomic mass is 10.2. The Labute approximate surface area is 120 Å². The summed E-state index contributed by atoms with van der Waals surface area (Å²) in [7, 11) is 1.60. The zero-order valence-electron chi connectivity index (χ0n) is 11.1. The summed E-state index contributed by atoms with van der Waals surface area (Å²) in [5, 5.41) is 5.35. The van der Waals surface area contributed by atoms with Crippen LogP contribution in [0.25, 0.3) is 0 Å². The number of nitrogens with zero attached hydrogens (tertiary/aromatic N) is 1. The van der Waals surface area contributed by atoms with Gasteiger partial charge in [-0.25, -0.2) is 9.37 Å². The highest BCUT2D eigenvalue weighted by atomic mass is 32.1. The highest BCUT2D eigenvalue weighted by Gasteiger charge is 2.08. The van der Waals surface area contributed by atoms with E-state index in [1.165, 1.54) is 17.4 Å². The van der Waals surface area contributed by atoms with Crippen LogP contribution in [0.3, 0.4) is 0 Å². The number of nitrogens with one attached hydrogen (secondary N) is 1. The first-order valence-corrected chi connectivity index (χ1v) is 6.99. The van der Waals surface area contributed by atoms with Gasteiger partial charge in [0.2, 0.25) is 5.91 Å². The third-order valence-corrected chi connectivity index (χ3v) is 3.51. The molecule has 0 aliphatic carbocycles. The van der Waals surface area contributed by atoms with Gasteiger partial charge in [0.15, 0.2) is 0 Å². The summed E-state index contributed by atoms with van der Waals surface area (Å²) < 4.78 is 18.3. The summed E-state index contributed by atoms with van der Waals surface area (Å²) in [6.07, 6.45) is 0.189. The molecule has 1 aromatic carbocycles. The van der Waals surface area contributed by atoms with Gasteiger partial charge in [0.05, 0.1) is 18.7 Å². The van der Waals surface area contributed by atoms with Crippen molar-refractivity contribution in [2.75, 3.05) is 7.11 Å². The molecular formula is C14H15FN2O2S. The predicted molar refractivity (Wildman–Crippen MR) is 74.8 cm³/mol. The van der Waals surface area contributed by atoms with E-state index < -0.39 is 0 Å². The molecule has 1 aromatic heterocycles. The van der Waals surface area contributed by atoms with Crippen LogP contribution >= 0.6 is 11.3 Å². The molecular weight excluding hydrogens is 279 g/mol. The Morgan fingerprint density at radius 2 is 2.25 bits per heavy atom. The Bertz CT molecular complexity index is 586. The van der Waals surface area contributed by atoms with Crippen molar-refractivity contribution in [3.05, 3.63) is 51.7 Å². The van der Waals surface area contributed by atoms with E-state index in [2.05, 4.69) is 10.3 Å². The van der Waals surface area contributed by atoms with Gasteiger partial charge < -0.3 is 10.1 Å². The molecule has 0 unspecified atom stereocenters. The molecule has 0 fully saturated rings. The average molecular weight is 294 g/mol. The molecule has 1 amide bonds. The van der Waals surface area contributed by atoms with E-state index in [-0.39, 0.29) is 24.7 Å². The smallest absolute Gasteiger partial charge is 0.226 e. The lowest BCUT2D eigenvalue weighted by Crippen LogP contribution is -2.25. The fourth-order valence-electron chi connectivity index (χ4n) is 1.68. The number of hydrogen-bond acceptors (Lipinski definition) is 4. The number of ether oxygens (including phenoxy) is 1. The quantitative estimate of drug-likeness (QED) is 0.889. The van der Waals surface area contributed by atoms with Crippen LogP contribution in [0.5, 0.6) is 0 Å². The van der Waals surface area contributed by atoms with Crippen LogP contribution in [0.4, 0.5) is 4.39 Å². The number of aromatic nitrogens is 1. The van der Waals surface area contributed by atoms with Crippen molar-refractivity contribution in [3.63, 3.8) is 0 Å². The van der Waals surface area contributed by atoms with E-state index in [9.17, 15) is 9.18 Å². The third-order valence-electron chi connectivity index (χ3n) is 2.64. The maximum atomic E-state index is 13.4. The van der Waals surface area contributed by atoms with E-state index in [1.54, 1.807) is 25.3 Å². The normalized spacial score (nSPS) is 10.5. The van der Waals surface area contributed by atoms with Gasteiger partial charge in [-0.2, -0.15) is 0 Å². The summed E-state index contributed by atoms with van der Waals surface area (Å²) in [5.41, 5.74) is 1.17. The molecule has 0 aliphatic heterocycles. The maximum Gasteiger partial charge on any atom is 0.226 e. The van der Waals surface area contributed by atoms with E-state index in [0.717, 1.165) is 5.01 Å². The average Bonchev–Trinajstić information content (AvgIpc) is 2.85. The highest BCUT2D eigenvalue weighted by molar-refractivity contribution is 7.09. The first-order chi connectivity index (χ1) is 9.69. The minimum atomic E-state index is -0.316. The Morgan fingerprint density at radius 1 is 1.45 bits per heavy atom. The van der Waals surface area contributed by atoms with E-state index in [1.807, 2.05) is 5.38 Å². The molecule has 20 heavy (non-hydrogen) atoms. The van der Waals surface area contributed by atoms with Crippen LogP contribution in [-0.4, -0.2) is 18.0 Å². The van der Waals surface area contributed by atoms with Gasteiger partial charge in [-0.3, -0.25) is 4.79 Å². The second-order valence-corrected chi connectivity index (χ2v) is 5.15. The van der Waals surface area contributed by atoms with E-state index in [4.69, 9.17) is 4.74 Å². The molecule has 1 heterocycles. The van der Waals surface area contributed by atoms with Crippen molar-refractivity contribution in [3.8, 4) is 0 Å². The zero-order chi connectivity index (χ0) is 14.4. The van der Waals surface area contributed by atoms with Crippen LogP contribution in [0.2, 0.25) is 0 Å². The third kappa shape index (κ3) is 4.11. The van der Waals surface area contributed by atoms with Crippen LogP contribution in [-0.2, 0) is 29.1 Å². The summed E-state index contributed by atoms with van der Waals surface area (Å²) in [6, 6.07) is 6.38. The summed E-state index contributed by atoms with van der Waals surface area (Å²) >= 11 is 1.46. The first kappa shape index (κ1) is 14.6. The monoisotopic (exact) mass is 294 g/mol. The standard InChI is InChI=1S/C14H15FN2O2S/c1-19-8-14-17-11(9-20-14)6-13(18)16-7-10-4-2-3-5-12(10)15/h2-5,9H,6-8H2,1H3,(H,16,18). The fourth-order valence-corrected chi connectivity index (χ4v) is 2.45. The molecule has 2 aromatic rings. The Kier molecular flexibility index (Phi) is 5.20. The molecule has 1 N–H and O–H groups in total. The first-order valence-electron chi connectivity index (χ1n) is 6.11. The molecule has 106 valence electrons. The molecule has 0 radical (unpaired) electrons. The number of hydrogen-bond donors (Lipinski definition) is 1. The lowest BCUT2D eigenvalue weighted by molar-refractivity contribution is -0.120. The van der Waals surface area contributed by atoms with Crippen LogP contribution < -0.4 is 5.32 Å². The molecule has 0 saturated heterocycles. The minimum Gasteiger partial charge on any atom is -0.378 e. The van der Waals surface area contributed by atoms with Gasteiger partial charge >= 0.3 is 0 Å². The van der Waals surface area contributed by atoms with Crippen LogP contribution in [0.15, 0.2) is 29.6 Å². The van der Waals surface area contributed by atoms with Crippen molar-refractivity contribution in [1.29, 1.82) is 0 Å². The Balaban J connectivity index is 1.84. The lowest BCUT2D eigenvalue weighted by Gasteiger charge is -2.05. The number of halogens is 1. The van der Waals surface area contributed by atoms with Crippen molar-refractivity contribution in [2.45, 2.75) is 19.6 Å². The van der Waals surface area contributed by atoms with Crippen molar-refractivity contribution in [2.24, 2.45) is 0 Å². The van der Waals surface area contributed by atoms with E-state index >= 15 is 0 Å². The van der Waals surface area contributed by atoms with Gasteiger partial charge in [-0.1, -0.05) is 18.2 Å². The van der Waals surface area contributed by atoms with Gasteiger partial charge in [0.25, 0.3) is 0 Å². The minimum absolute atomic E-state index is 0.178. The number of methoxy groups -OCH3 is 1. The topological polar surface area (TPSA) is 51.2 Å². The van der Waals surface area contributed by atoms with Gasteiger partial charge in [0.1, 0.15) is 10.8 Å². The van der Waals surface area contributed by atoms with Crippen molar-refractivity contribution >= 4 is 17.2 Å². The molecule has 0 bridgehead atoms. The molecule has 0 atom stereocenters. The summed E-state index contributed by atoms with van der Waals surface area (Å²) in [6.45, 7) is 0.627. The number of rotatable bonds is 6. The van der Waals surface area contributed by atoms with Gasteiger partial charge in [-0.05, 0) is 6.07 Å². The number of carbonyl (C=O) groups is 1. The summed E-state index contributed by atoms with van der Waals surface area (Å²) in [4.78, 5) is 16.0. The largest absolute Gasteiger partial charge is 0.378 e. The molecule has 4 nitrogen and oxygen atoms in total. The van der Waals surface area contributed by atoms with Crippen molar-refractivity contribution < 1.29 is 13.9 Å². The zero-order valence-corrected chi connectivity index (χ0v) is 11.9. The number of carbonyl (C=O) groups excluding carboxylic acids is 1. The van der Waals surface area contributed by atoms with Gasteiger partial charge in [0, 0.05) is 24.6 Å². The Morgan fingerprint density at radius 3 is 3.00 bits per heavy atom. The SMILES string of the molecule is COCc1nc(CC(=O)NCc2ccccc2F)cs1. The number of thiazole rings is 1. The van der Waals surface area contributed by atoms with Crippen molar-refractivity contribution in [1.82, 2.24) is 10.3 Å². The Hall–Kier alpha value is -1.79. The van der Waals surface area contributed by atoms with Gasteiger partial charge in [-0.15, -0.1) is 11.3 Å². The predicted octanol–water partition coefficient (Wildman–Crippen LogP) is 2.29. The second kappa shape index (κ2) is 7.12. The molecule has 0 saturated carbocycles. The number of amides is 1. The van der Waals surface area contributed by atoms with E-state index in [0.29, 0.717) is 17.9 Å². The maximum absolute atomic E-state index is 13.4. The molecule has 6 heteroatoms. The highest BCUT2D eigenvalue weighted by Crippen LogP contribution is 2.11. The summed E-state index contributed by atoms with van der Waals surface area (Å²) in [5.74, 6) is -0.494. The van der Waals surface area contributed by atoms with Crippen LogP contribution in [0.1, 0.15) is 16.3 Å². The molecule has 2 rings (SSSR count). The second-order valence-electron chi connectivity index (χ2n) is 4.21. The molecule has 0 spiro atoms. The molecule has 0 aliphatic rings. The number of benzene rings is 1. The van der Waals surface area contributed by atoms with Crippen LogP contribution in [0, 0.1) is 5.82 Å². The fraction of sp³-hybridized carbons (Fsp3) is 0.286.